The third-order valence-electron chi connectivity index (χ3n) is 4.04. The topological polar surface area (TPSA) is 91.7 Å². The molecule has 1 fully saturated rings. The van der Waals surface area contributed by atoms with E-state index in [1.807, 2.05) is 0 Å². The number of aromatic nitrogens is 2. The van der Waals surface area contributed by atoms with Crippen LogP contribution in [0.4, 0.5) is 16.3 Å². The number of rotatable bonds is 2. The number of nitrogens with one attached hydrogen (secondary N) is 2. The van der Waals surface area contributed by atoms with Gasteiger partial charge >= 0.3 is 6.03 Å². The SMILES string of the molecule is O=C(c1ncn2c1NNN(c1ccc(Cl)cc1)C2=O)N1CCOCC1. The van der Waals surface area contributed by atoms with Crippen LogP contribution in [0.2, 0.25) is 5.02 Å². The average Bonchev–Trinajstić information content (AvgIpc) is 3.08. The summed E-state index contributed by atoms with van der Waals surface area (Å²) in [6, 6.07) is 6.39. The van der Waals surface area contributed by atoms with E-state index in [1.54, 1.807) is 29.2 Å². The van der Waals surface area contributed by atoms with Gasteiger partial charge in [-0.15, -0.1) is 5.53 Å². The standard InChI is InChI=1S/C15H15ClN6O3/c16-10-1-3-11(4-2-10)22-15(24)21-9-17-12(13(21)18-19-22)14(23)20-5-7-25-8-6-20/h1-4,9,18-19H,5-8H2. The normalized spacial score (nSPS) is 17.2. The van der Waals surface area contributed by atoms with Crippen molar-refractivity contribution in [3.05, 3.63) is 41.3 Å². The zero-order valence-electron chi connectivity index (χ0n) is 13.1. The molecule has 2 aromatic rings. The molecule has 0 saturated carbocycles. The summed E-state index contributed by atoms with van der Waals surface area (Å²) in [6.07, 6.45) is 1.34. The highest BCUT2D eigenvalue weighted by atomic mass is 35.5. The van der Waals surface area contributed by atoms with Crippen molar-refractivity contribution in [2.45, 2.75) is 0 Å². The minimum Gasteiger partial charge on any atom is -0.378 e. The van der Waals surface area contributed by atoms with E-state index in [0.29, 0.717) is 42.8 Å². The summed E-state index contributed by atoms with van der Waals surface area (Å²) in [6.45, 7) is 2.00. The number of morpholine rings is 1. The minimum atomic E-state index is -0.385. The second-order valence-corrected chi connectivity index (χ2v) is 5.98. The Hall–Kier alpha value is -2.62. The molecule has 0 aliphatic carbocycles. The van der Waals surface area contributed by atoms with Gasteiger partial charge in [-0.1, -0.05) is 11.6 Å². The van der Waals surface area contributed by atoms with Crippen molar-refractivity contribution in [2.24, 2.45) is 0 Å². The Balaban J connectivity index is 1.60. The second-order valence-electron chi connectivity index (χ2n) is 5.55. The van der Waals surface area contributed by atoms with E-state index in [9.17, 15) is 9.59 Å². The third kappa shape index (κ3) is 2.82. The van der Waals surface area contributed by atoms with Crippen molar-refractivity contribution < 1.29 is 14.3 Å². The molecule has 2 amide bonds. The molecule has 0 unspecified atom stereocenters. The molecule has 2 aliphatic heterocycles. The van der Waals surface area contributed by atoms with E-state index >= 15 is 0 Å². The molecule has 130 valence electrons. The average molecular weight is 363 g/mol. The molecule has 10 heteroatoms. The van der Waals surface area contributed by atoms with Crippen molar-refractivity contribution in [2.75, 3.05) is 36.7 Å². The fraction of sp³-hybridized carbons (Fsp3) is 0.267. The van der Waals surface area contributed by atoms with Gasteiger partial charge in [-0.05, 0) is 24.3 Å². The summed E-state index contributed by atoms with van der Waals surface area (Å²) in [4.78, 5) is 31.1. The fourth-order valence-corrected chi connectivity index (χ4v) is 2.84. The third-order valence-corrected chi connectivity index (χ3v) is 4.29. The van der Waals surface area contributed by atoms with Crippen molar-refractivity contribution in [1.82, 2.24) is 20.0 Å². The Bertz CT molecular complexity index is 815. The predicted octanol–water partition coefficient (Wildman–Crippen LogP) is 1.33. The van der Waals surface area contributed by atoms with Gasteiger partial charge in [-0.25, -0.2) is 19.4 Å². The number of carbonyl (C=O) groups is 2. The lowest BCUT2D eigenvalue weighted by Gasteiger charge is -2.30. The van der Waals surface area contributed by atoms with Crippen LogP contribution in [0.5, 0.6) is 0 Å². The Kier molecular flexibility index (Phi) is 4.04. The summed E-state index contributed by atoms with van der Waals surface area (Å²) in [7, 11) is 0. The van der Waals surface area contributed by atoms with Crippen LogP contribution in [0.25, 0.3) is 0 Å². The summed E-state index contributed by atoms with van der Waals surface area (Å²) >= 11 is 5.87. The quantitative estimate of drug-likeness (QED) is 0.837. The first-order chi connectivity index (χ1) is 12.1. The van der Waals surface area contributed by atoms with Gasteiger partial charge in [0.15, 0.2) is 11.5 Å². The van der Waals surface area contributed by atoms with Crippen LogP contribution in [0.3, 0.4) is 0 Å². The van der Waals surface area contributed by atoms with Crippen molar-refractivity contribution in [3.8, 4) is 0 Å². The smallest absolute Gasteiger partial charge is 0.351 e. The molecule has 0 radical (unpaired) electrons. The highest BCUT2D eigenvalue weighted by Crippen LogP contribution is 2.24. The number of hydrogen-bond donors (Lipinski definition) is 2. The maximum absolute atomic E-state index is 12.7. The Labute approximate surface area is 148 Å². The van der Waals surface area contributed by atoms with Crippen LogP contribution < -0.4 is 16.0 Å². The number of hydrazine groups is 2. The molecule has 4 rings (SSSR count). The number of halogens is 1. The highest BCUT2D eigenvalue weighted by molar-refractivity contribution is 6.30. The number of benzene rings is 1. The lowest BCUT2D eigenvalue weighted by atomic mass is 10.3. The van der Waals surface area contributed by atoms with Crippen LogP contribution in [-0.4, -0.2) is 52.7 Å². The second kappa shape index (κ2) is 6.36. The zero-order chi connectivity index (χ0) is 17.4. The first kappa shape index (κ1) is 15.9. The maximum atomic E-state index is 12.7. The number of hydrogen-bond acceptors (Lipinski definition) is 6. The first-order valence-electron chi connectivity index (χ1n) is 7.71. The van der Waals surface area contributed by atoms with Gasteiger partial charge < -0.3 is 9.64 Å². The summed E-state index contributed by atoms with van der Waals surface area (Å²) < 4.78 is 6.54. The van der Waals surface area contributed by atoms with E-state index in [2.05, 4.69) is 15.9 Å². The molecule has 0 atom stereocenters. The Morgan fingerprint density at radius 1 is 1.20 bits per heavy atom. The van der Waals surface area contributed by atoms with Crippen molar-refractivity contribution in [1.29, 1.82) is 0 Å². The van der Waals surface area contributed by atoms with Crippen LogP contribution in [0.15, 0.2) is 30.6 Å². The summed E-state index contributed by atoms with van der Waals surface area (Å²) in [5, 5.41) is 1.87. The van der Waals surface area contributed by atoms with Gasteiger partial charge in [0.25, 0.3) is 5.91 Å². The predicted molar refractivity (Wildman–Crippen MR) is 90.4 cm³/mol. The van der Waals surface area contributed by atoms with Crippen LogP contribution in [0, 0.1) is 0 Å². The van der Waals surface area contributed by atoms with Gasteiger partial charge in [0, 0.05) is 18.1 Å². The van der Waals surface area contributed by atoms with E-state index in [4.69, 9.17) is 16.3 Å². The minimum absolute atomic E-state index is 0.193. The maximum Gasteiger partial charge on any atom is 0.351 e. The number of carbonyl (C=O) groups excluding carboxylic acids is 2. The molecule has 2 N–H and O–H groups in total. The number of nitrogens with zero attached hydrogens (tertiary/aromatic N) is 4. The molecule has 9 nitrogen and oxygen atoms in total. The molecule has 3 heterocycles. The molecular weight excluding hydrogens is 348 g/mol. The van der Waals surface area contributed by atoms with Gasteiger partial charge in [0.2, 0.25) is 0 Å². The zero-order valence-corrected chi connectivity index (χ0v) is 13.9. The van der Waals surface area contributed by atoms with Gasteiger partial charge in [-0.3, -0.25) is 10.2 Å². The molecule has 25 heavy (non-hydrogen) atoms. The summed E-state index contributed by atoms with van der Waals surface area (Å²) in [5.74, 6) is 0.0748. The van der Waals surface area contributed by atoms with Crippen molar-refractivity contribution in [3.63, 3.8) is 0 Å². The Morgan fingerprint density at radius 2 is 1.92 bits per heavy atom. The molecule has 1 aromatic carbocycles. The van der Waals surface area contributed by atoms with Crippen LogP contribution >= 0.6 is 11.6 Å². The molecular formula is C15H15ClN6O3. The molecule has 0 bridgehead atoms. The van der Waals surface area contributed by atoms with E-state index < -0.39 is 0 Å². The molecule has 1 aromatic heterocycles. The van der Waals surface area contributed by atoms with Crippen LogP contribution in [-0.2, 0) is 4.74 Å². The number of imidazole rings is 1. The number of anilines is 2. The van der Waals surface area contributed by atoms with Crippen molar-refractivity contribution >= 4 is 35.0 Å². The Morgan fingerprint density at radius 3 is 2.64 bits per heavy atom. The number of fused-ring (bicyclic) bond motifs is 1. The van der Waals surface area contributed by atoms with Crippen LogP contribution in [0.1, 0.15) is 10.5 Å². The molecule has 0 spiro atoms. The monoisotopic (exact) mass is 362 g/mol. The number of amides is 2. The van der Waals surface area contributed by atoms with Gasteiger partial charge in [-0.2, -0.15) is 0 Å². The van der Waals surface area contributed by atoms with Gasteiger partial charge in [0.05, 0.1) is 18.9 Å². The first-order valence-corrected chi connectivity index (χ1v) is 8.09. The van der Waals surface area contributed by atoms with E-state index in [-0.39, 0.29) is 17.6 Å². The van der Waals surface area contributed by atoms with Gasteiger partial charge in [0.1, 0.15) is 6.33 Å². The van der Waals surface area contributed by atoms with E-state index in [1.165, 1.54) is 15.9 Å². The largest absolute Gasteiger partial charge is 0.378 e. The molecule has 2 aliphatic rings. The lowest BCUT2D eigenvalue weighted by molar-refractivity contribution is 0.0300. The highest BCUT2D eigenvalue weighted by Gasteiger charge is 2.32. The molecule has 1 saturated heterocycles. The lowest BCUT2D eigenvalue weighted by Crippen LogP contribution is -2.53. The summed E-state index contributed by atoms with van der Waals surface area (Å²) in [5.41, 5.74) is 6.44. The fourth-order valence-electron chi connectivity index (χ4n) is 2.72. The van der Waals surface area contributed by atoms with E-state index in [0.717, 1.165) is 0 Å². The number of ether oxygens (including phenoxy) is 1.